The summed E-state index contributed by atoms with van der Waals surface area (Å²) in [6, 6.07) is 1.49. The van der Waals surface area contributed by atoms with Gasteiger partial charge in [0.05, 0.1) is 0 Å². The van der Waals surface area contributed by atoms with Crippen LogP contribution in [0.5, 0.6) is 0 Å². The first-order valence-electron chi connectivity index (χ1n) is 5.66. The highest BCUT2D eigenvalue weighted by molar-refractivity contribution is 5.66. The minimum atomic E-state index is -1.57. The quantitative estimate of drug-likeness (QED) is 0.855. The van der Waals surface area contributed by atoms with E-state index in [4.69, 9.17) is 9.52 Å². The van der Waals surface area contributed by atoms with Crippen LogP contribution < -0.4 is 0 Å². The highest BCUT2D eigenvalue weighted by Crippen LogP contribution is 2.23. The van der Waals surface area contributed by atoms with Crippen molar-refractivity contribution in [3.63, 3.8) is 0 Å². The molecule has 0 amide bonds. The molecule has 0 radical (unpaired) electrons. The summed E-state index contributed by atoms with van der Waals surface area (Å²) in [5.74, 6) is -5.25. The van der Waals surface area contributed by atoms with Crippen LogP contribution in [0.2, 0.25) is 0 Å². The predicted octanol–water partition coefficient (Wildman–Crippen LogP) is 2.56. The summed E-state index contributed by atoms with van der Waals surface area (Å²) in [6.45, 7) is 0. The Hall–Kier alpha value is -2.38. The Morgan fingerprint density at radius 1 is 1.20 bits per heavy atom. The molecule has 1 N–H and O–H groups in total. The number of carboxylic acids is 1. The number of carboxylic acid groups (broad SMARTS) is 1. The molecule has 0 atom stereocenters. The average Bonchev–Trinajstić information content (AvgIpc) is 2.83. The molecule has 0 fully saturated rings. The molecule has 0 aliphatic rings. The van der Waals surface area contributed by atoms with E-state index in [0.29, 0.717) is 6.42 Å². The molecule has 0 bridgehead atoms. The Morgan fingerprint density at radius 3 is 2.45 bits per heavy atom. The second kappa shape index (κ2) is 5.72. The number of benzene rings is 1. The number of carbonyl (C=O) groups is 1. The molecule has 5 nitrogen and oxygen atoms in total. The van der Waals surface area contributed by atoms with Crippen LogP contribution in [0.3, 0.4) is 0 Å². The fourth-order valence-corrected chi connectivity index (χ4v) is 1.54. The first-order chi connectivity index (χ1) is 9.47. The average molecular weight is 286 g/mol. The zero-order valence-electron chi connectivity index (χ0n) is 10.1. The molecule has 2 rings (SSSR count). The predicted molar refractivity (Wildman–Crippen MR) is 60.2 cm³/mol. The maximum absolute atomic E-state index is 13.1. The Morgan fingerprint density at radius 2 is 1.85 bits per heavy atom. The van der Waals surface area contributed by atoms with Gasteiger partial charge in [-0.25, -0.2) is 13.2 Å². The number of aryl methyl sites for hydroxylation is 1. The monoisotopic (exact) mass is 286 g/mol. The number of rotatable bonds is 5. The summed E-state index contributed by atoms with van der Waals surface area (Å²) in [4.78, 5) is 10.3. The Bertz CT molecular complexity index is 620. The molecule has 1 heterocycles. The van der Waals surface area contributed by atoms with Crippen molar-refractivity contribution in [3.05, 3.63) is 35.5 Å². The smallest absolute Gasteiger partial charge is 0.303 e. The molecule has 0 aliphatic heterocycles. The lowest BCUT2D eigenvalue weighted by Crippen LogP contribution is -1.95. The van der Waals surface area contributed by atoms with E-state index < -0.39 is 23.4 Å². The van der Waals surface area contributed by atoms with Gasteiger partial charge in [0, 0.05) is 18.4 Å². The van der Waals surface area contributed by atoms with Crippen LogP contribution >= 0.6 is 0 Å². The van der Waals surface area contributed by atoms with Gasteiger partial charge in [-0.15, -0.1) is 10.2 Å². The van der Waals surface area contributed by atoms with Gasteiger partial charge in [0.15, 0.2) is 17.5 Å². The van der Waals surface area contributed by atoms with E-state index >= 15 is 0 Å². The molecule has 0 aliphatic carbocycles. The van der Waals surface area contributed by atoms with E-state index in [0.717, 1.165) is 12.1 Å². The lowest BCUT2D eigenvalue weighted by Gasteiger charge is -1.98. The van der Waals surface area contributed by atoms with E-state index in [1.165, 1.54) is 0 Å². The van der Waals surface area contributed by atoms with Crippen molar-refractivity contribution in [1.82, 2.24) is 10.2 Å². The van der Waals surface area contributed by atoms with Gasteiger partial charge in [0.1, 0.15) is 0 Å². The molecule has 0 saturated carbocycles. The van der Waals surface area contributed by atoms with Gasteiger partial charge in [-0.2, -0.15) is 0 Å². The minimum Gasteiger partial charge on any atom is -0.481 e. The summed E-state index contributed by atoms with van der Waals surface area (Å²) in [7, 11) is 0. The SMILES string of the molecule is O=C(O)CCCc1nnc(-c2cc(F)c(F)c(F)c2)o1. The second-order valence-electron chi connectivity index (χ2n) is 4.00. The van der Waals surface area contributed by atoms with Crippen molar-refractivity contribution < 1.29 is 27.5 Å². The number of aliphatic carboxylic acids is 1. The first kappa shape index (κ1) is 14.0. The molecule has 1 aromatic carbocycles. The summed E-state index contributed by atoms with van der Waals surface area (Å²) in [5, 5.41) is 15.7. The first-order valence-corrected chi connectivity index (χ1v) is 5.66. The molecule has 0 unspecified atom stereocenters. The van der Waals surface area contributed by atoms with Gasteiger partial charge in [-0.1, -0.05) is 0 Å². The van der Waals surface area contributed by atoms with Crippen LogP contribution in [0.4, 0.5) is 13.2 Å². The van der Waals surface area contributed by atoms with Crippen molar-refractivity contribution >= 4 is 5.97 Å². The van der Waals surface area contributed by atoms with E-state index in [1.807, 2.05) is 0 Å². The normalized spacial score (nSPS) is 10.8. The van der Waals surface area contributed by atoms with E-state index in [2.05, 4.69) is 10.2 Å². The molecular formula is C12H9F3N2O3. The van der Waals surface area contributed by atoms with Crippen LogP contribution in [0.15, 0.2) is 16.5 Å². The molecule has 0 saturated heterocycles. The molecule has 106 valence electrons. The summed E-state index contributed by atoms with van der Waals surface area (Å²) >= 11 is 0. The molecular weight excluding hydrogens is 277 g/mol. The Labute approximate surface area is 111 Å². The van der Waals surface area contributed by atoms with Gasteiger partial charge >= 0.3 is 5.97 Å². The fraction of sp³-hybridized carbons (Fsp3) is 0.250. The van der Waals surface area contributed by atoms with Crippen LogP contribution in [-0.4, -0.2) is 21.3 Å². The fourth-order valence-electron chi connectivity index (χ4n) is 1.54. The van der Waals surface area contributed by atoms with Crippen molar-refractivity contribution in [2.24, 2.45) is 0 Å². The number of hydrogen-bond donors (Lipinski definition) is 1. The Balaban J connectivity index is 2.14. The van der Waals surface area contributed by atoms with Crippen LogP contribution in [-0.2, 0) is 11.2 Å². The molecule has 8 heteroatoms. The van der Waals surface area contributed by atoms with E-state index in [9.17, 15) is 18.0 Å². The zero-order valence-corrected chi connectivity index (χ0v) is 10.1. The van der Waals surface area contributed by atoms with Crippen LogP contribution in [0, 0.1) is 17.5 Å². The van der Waals surface area contributed by atoms with E-state index in [-0.39, 0.29) is 30.2 Å². The molecule has 2 aromatic rings. The maximum atomic E-state index is 13.1. The number of hydrogen-bond acceptors (Lipinski definition) is 4. The van der Waals surface area contributed by atoms with Crippen molar-refractivity contribution in [2.75, 3.05) is 0 Å². The second-order valence-corrected chi connectivity index (χ2v) is 4.00. The number of aromatic nitrogens is 2. The van der Waals surface area contributed by atoms with Gasteiger partial charge < -0.3 is 9.52 Å². The number of halogens is 3. The third kappa shape index (κ3) is 3.14. The summed E-state index contributed by atoms with van der Waals surface area (Å²) in [5.41, 5.74) is -0.0848. The van der Waals surface area contributed by atoms with Gasteiger partial charge in [-0.05, 0) is 18.6 Å². The van der Waals surface area contributed by atoms with Crippen molar-refractivity contribution in [1.29, 1.82) is 0 Å². The molecule has 0 spiro atoms. The van der Waals surface area contributed by atoms with Gasteiger partial charge in [0.2, 0.25) is 11.8 Å². The van der Waals surface area contributed by atoms with Crippen LogP contribution in [0.25, 0.3) is 11.5 Å². The van der Waals surface area contributed by atoms with Crippen LogP contribution in [0.1, 0.15) is 18.7 Å². The Kier molecular flexibility index (Phi) is 4.02. The zero-order chi connectivity index (χ0) is 14.7. The molecule has 20 heavy (non-hydrogen) atoms. The molecule has 1 aromatic heterocycles. The van der Waals surface area contributed by atoms with Gasteiger partial charge in [-0.3, -0.25) is 4.79 Å². The largest absolute Gasteiger partial charge is 0.481 e. The summed E-state index contributed by atoms with van der Waals surface area (Å²) in [6.07, 6.45) is 0.464. The lowest BCUT2D eigenvalue weighted by atomic mass is 10.2. The third-order valence-electron chi connectivity index (χ3n) is 2.48. The van der Waals surface area contributed by atoms with Crippen molar-refractivity contribution in [2.45, 2.75) is 19.3 Å². The highest BCUT2D eigenvalue weighted by atomic mass is 19.2. The summed E-state index contributed by atoms with van der Waals surface area (Å²) < 4.78 is 44.0. The third-order valence-corrected chi connectivity index (χ3v) is 2.48. The highest BCUT2D eigenvalue weighted by Gasteiger charge is 2.15. The van der Waals surface area contributed by atoms with Crippen molar-refractivity contribution in [3.8, 4) is 11.5 Å². The lowest BCUT2D eigenvalue weighted by molar-refractivity contribution is -0.137. The minimum absolute atomic E-state index is 0.0580. The number of nitrogens with zero attached hydrogens (tertiary/aromatic N) is 2. The maximum Gasteiger partial charge on any atom is 0.303 e. The van der Waals surface area contributed by atoms with E-state index in [1.54, 1.807) is 0 Å². The standard InChI is InChI=1S/C12H9F3N2O3/c13-7-4-6(5-8(14)11(7)15)12-17-16-9(20-12)2-1-3-10(18)19/h4-5H,1-3H2,(H,18,19). The van der Waals surface area contributed by atoms with Gasteiger partial charge in [0.25, 0.3) is 0 Å². The topological polar surface area (TPSA) is 76.2 Å².